The molecule has 2 rings (SSSR count). The van der Waals surface area contributed by atoms with Crippen molar-refractivity contribution in [2.24, 2.45) is 0 Å². The van der Waals surface area contributed by atoms with Gasteiger partial charge in [-0.1, -0.05) is 15.9 Å². The first-order valence-electron chi connectivity index (χ1n) is 4.14. The van der Waals surface area contributed by atoms with E-state index in [1.165, 1.54) is 4.63 Å². The van der Waals surface area contributed by atoms with E-state index in [4.69, 9.17) is 0 Å². The molecule has 2 heterocycles. The largest absolute Gasteiger partial charge is 0.357 e. The highest BCUT2D eigenvalue weighted by molar-refractivity contribution is 9.09. The molecule has 0 radical (unpaired) electrons. The fourth-order valence-electron chi connectivity index (χ4n) is 1.09. The van der Waals surface area contributed by atoms with Crippen LogP contribution < -0.4 is 4.90 Å². The molecular weight excluding hydrogens is 248 g/mol. The molecule has 0 atom stereocenters. The second kappa shape index (κ2) is 3.87. The molecule has 0 aliphatic heterocycles. The lowest BCUT2D eigenvalue weighted by Crippen LogP contribution is -2.21. The van der Waals surface area contributed by atoms with Crippen LogP contribution in [0.25, 0.3) is 5.65 Å². The molecule has 0 unspecified atom stereocenters. The van der Waals surface area contributed by atoms with Gasteiger partial charge in [0.2, 0.25) is 0 Å². The van der Waals surface area contributed by atoms with E-state index in [-0.39, 0.29) is 0 Å². The van der Waals surface area contributed by atoms with Crippen LogP contribution in [0, 0.1) is 0 Å². The van der Waals surface area contributed by atoms with Crippen molar-refractivity contribution in [2.75, 3.05) is 23.8 Å². The second-order valence-corrected chi connectivity index (χ2v) is 3.62. The fourth-order valence-corrected chi connectivity index (χ4v) is 1.62. The Hall–Kier alpha value is -1.24. The molecule has 6 nitrogen and oxygen atoms in total. The molecule has 0 saturated heterocycles. The number of nitrogens with zero attached hydrogens (tertiary/aromatic N) is 6. The molecule has 0 saturated carbocycles. The van der Waals surface area contributed by atoms with Crippen molar-refractivity contribution >= 4 is 27.4 Å². The first-order valence-corrected chi connectivity index (χ1v) is 5.26. The third-order valence-corrected chi connectivity index (χ3v) is 2.22. The zero-order valence-electron chi connectivity index (χ0n) is 7.63. The number of fused-ring (bicyclic) bond motifs is 1. The summed E-state index contributed by atoms with van der Waals surface area (Å²) >= 11 is 3.37. The quantitative estimate of drug-likeness (QED) is 0.742. The van der Waals surface area contributed by atoms with Crippen LogP contribution in [0.4, 0.5) is 5.82 Å². The molecule has 0 aliphatic carbocycles. The van der Waals surface area contributed by atoms with Gasteiger partial charge in [0.25, 0.3) is 0 Å². The third-order valence-electron chi connectivity index (χ3n) is 1.87. The van der Waals surface area contributed by atoms with E-state index >= 15 is 0 Å². The SMILES string of the molecule is CN(CCBr)c1ccc2nnnn2n1. The average Bonchev–Trinajstić information content (AvgIpc) is 2.64. The Bertz CT molecular complexity index is 427. The summed E-state index contributed by atoms with van der Waals surface area (Å²) in [6.45, 7) is 0.890. The van der Waals surface area contributed by atoms with Crippen LogP contribution in [0.1, 0.15) is 0 Å². The lowest BCUT2D eigenvalue weighted by Gasteiger charge is -2.15. The Morgan fingerprint density at radius 3 is 3.14 bits per heavy atom. The number of rotatable bonds is 3. The van der Waals surface area contributed by atoms with E-state index in [0.29, 0.717) is 5.65 Å². The van der Waals surface area contributed by atoms with Gasteiger partial charge in [-0.05, 0) is 22.6 Å². The maximum absolute atomic E-state index is 4.24. The van der Waals surface area contributed by atoms with E-state index in [0.717, 1.165) is 17.7 Å². The summed E-state index contributed by atoms with van der Waals surface area (Å²) in [5.74, 6) is 0.851. The van der Waals surface area contributed by atoms with Crippen LogP contribution in [0.5, 0.6) is 0 Å². The highest BCUT2D eigenvalue weighted by Crippen LogP contribution is 2.08. The lowest BCUT2D eigenvalue weighted by molar-refractivity contribution is 0.724. The van der Waals surface area contributed by atoms with Gasteiger partial charge in [0, 0.05) is 18.9 Å². The van der Waals surface area contributed by atoms with E-state index in [1.54, 1.807) is 0 Å². The van der Waals surface area contributed by atoms with Gasteiger partial charge >= 0.3 is 0 Å². The number of hydrogen-bond donors (Lipinski definition) is 0. The van der Waals surface area contributed by atoms with Crippen LogP contribution in [-0.2, 0) is 0 Å². The van der Waals surface area contributed by atoms with E-state index in [2.05, 4.69) is 36.6 Å². The molecule has 0 aromatic carbocycles. The summed E-state index contributed by atoms with van der Waals surface area (Å²) in [4.78, 5) is 2.02. The molecule has 2 aromatic rings. The van der Waals surface area contributed by atoms with Crippen molar-refractivity contribution in [3.63, 3.8) is 0 Å². The predicted molar refractivity (Wildman–Crippen MR) is 55.6 cm³/mol. The summed E-state index contributed by atoms with van der Waals surface area (Å²) < 4.78 is 1.42. The van der Waals surface area contributed by atoms with Crippen molar-refractivity contribution in [2.45, 2.75) is 0 Å². The molecule has 0 bridgehead atoms. The number of hydrogen-bond acceptors (Lipinski definition) is 5. The van der Waals surface area contributed by atoms with Crippen LogP contribution in [0.2, 0.25) is 0 Å². The van der Waals surface area contributed by atoms with Gasteiger partial charge in [0.15, 0.2) is 11.5 Å². The predicted octanol–water partition coefficient (Wildman–Crippen LogP) is 0.350. The van der Waals surface area contributed by atoms with Gasteiger partial charge in [-0.2, -0.15) is 0 Å². The summed E-state index contributed by atoms with van der Waals surface area (Å²) in [5.41, 5.74) is 0.654. The minimum Gasteiger partial charge on any atom is -0.357 e. The average molecular weight is 257 g/mol. The van der Waals surface area contributed by atoms with Gasteiger partial charge in [0.05, 0.1) is 0 Å². The molecule has 0 amide bonds. The topological polar surface area (TPSA) is 59.2 Å². The highest BCUT2D eigenvalue weighted by Gasteiger charge is 2.04. The zero-order valence-corrected chi connectivity index (χ0v) is 9.22. The van der Waals surface area contributed by atoms with E-state index in [9.17, 15) is 0 Å². The summed E-state index contributed by atoms with van der Waals surface area (Å²) in [7, 11) is 1.97. The molecular formula is C7H9BrN6. The summed E-state index contributed by atoms with van der Waals surface area (Å²) in [5, 5.41) is 16.2. The van der Waals surface area contributed by atoms with E-state index < -0.39 is 0 Å². The highest BCUT2D eigenvalue weighted by atomic mass is 79.9. The second-order valence-electron chi connectivity index (χ2n) is 2.83. The Morgan fingerprint density at radius 1 is 1.50 bits per heavy atom. The smallest absolute Gasteiger partial charge is 0.200 e. The monoisotopic (exact) mass is 256 g/mol. The number of anilines is 1. The first kappa shape index (κ1) is 9.32. The number of halogens is 1. The Kier molecular flexibility index (Phi) is 2.58. The molecule has 74 valence electrons. The van der Waals surface area contributed by atoms with E-state index in [1.807, 2.05) is 24.1 Å². The van der Waals surface area contributed by atoms with Crippen molar-refractivity contribution in [1.82, 2.24) is 25.3 Å². The normalized spacial score (nSPS) is 10.7. The minimum absolute atomic E-state index is 0.654. The van der Waals surface area contributed by atoms with Crippen molar-refractivity contribution in [3.8, 4) is 0 Å². The van der Waals surface area contributed by atoms with Crippen LogP contribution in [-0.4, -0.2) is 44.2 Å². The summed E-state index contributed by atoms with van der Waals surface area (Å²) in [6, 6.07) is 3.74. The molecule has 7 heteroatoms. The van der Waals surface area contributed by atoms with Crippen molar-refractivity contribution in [1.29, 1.82) is 0 Å². The zero-order chi connectivity index (χ0) is 9.97. The number of aromatic nitrogens is 5. The first-order chi connectivity index (χ1) is 6.81. The molecule has 0 spiro atoms. The fraction of sp³-hybridized carbons (Fsp3) is 0.429. The van der Waals surface area contributed by atoms with Crippen LogP contribution in [0.15, 0.2) is 12.1 Å². The minimum atomic E-state index is 0.654. The Labute approximate surface area is 89.0 Å². The van der Waals surface area contributed by atoms with Crippen molar-refractivity contribution in [3.05, 3.63) is 12.1 Å². The Morgan fingerprint density at radius 2 is 2.36 bits per heavy atom. The molecule has 0 N–H and O–H groups in total. The number of tetrazole rings is 1. The van der Waals surface area contributed by atoms with Crippen LogP contribution >= 0.6 is 15.9 Å². The standard InChI is InChI=1S/C7H9BrN6/c1-13(5-4-8)7-3-2-6-9-11-12-14(6)10-7/h2-3H,4-5H2,1H3. The van der Waals surface area contributed by atoms with Gasteiger partial charge in [-0.15, -0.1) is 14.8 Å². The van der Waals surface area contributed by atoms with Gasteiger partial charge in [-0.25, -0.2) is 0 Å². The van der Waals surface area contributed by atoms with Gasteiger partial charge in [0.1, 0.15) is 0 Å². The molecule has 0 aliphatic rings. The third kappa shape index (κ3) is 1.67. The van der Waals surface area contributed by atoms with Gasteiger partial charge < -0.3 is 4.90 Å². The Balaban J connectivity index is 2.33. The molecule has 14 heavy (non-hydrogen) atoms. The van der Waals surface area contributed by atoms with Crippen molar-refractivity contribution < 1.29 is 0 Å². The lowest BCUT2D eigenvalue weighted by atomic mass is 10.5. The maximum Gasteiger partial charge on any atom is 0.200 e. The molecule has 2 aromatic heterocycles. The maximum atomic E-state index is 4.24. The van der Waals surface area contributed by atoms with Crippen LogP contribution in [0.3, 0.4) is 0 Å². The number of alkyl halides is 1. The molecule has 0 fully saturated rings. The summed E-state index contributed by atoms with van der Waals surface area (Å²) in [6.07, 6.45) is 0. The van der Waals surface area contributed by atoms with Gasteiger partial charge in [-0.3, -0.25) is 0 Å².